The molecule has 1 aromatic carbocycles. The van der Waals surface area contributed by atoms with E-state index in [-0.39, 0.29) is 0 Å². The number of benzene rings is 1. The molecule has 3 N–H and O–H groups in total. The fourth-order valence-electron chi connectivity index (χ4n) is 2.33. The molecule has 0 bridgehead atoms. The topological polar surface area (TPSA) is 67.2 Å². The molecule has 19 heavy (non-hydrogen) atoms. The van der Waals surface area contributed by atoms with Crippen molar-refractivity contribution >= 4 is 11.5 Å². The molecule has 2 aromatic rings. The van der Waals surface area contributed by atoms with Gasteiger partial charge >= 0.3 is 0 Å². The number of rotatable bonds is 2. The number of aryl methyl sites for hydroxylation is 1. The summed E-state index contributed by atoms with van der Waals surface area (Å²) in [4.78, 5) is 2.23. The molecule has 0 aliphatic carbocycles. The number of nitrogens with two attached hydrogens (primary N) is 1. The van der Waals surface area contributed by atoms with E-state index in [1.54, 1.807) is 0 Å². The summed E-state index contributed by atoms with van der Waals surface area (Å²) in [7, 11) is 0. The smallest absolute Gasteiger partial charge is 0.151 e. The lowest BCUT2D eigenvalue weighted by Gasteiger charge is -2.26. The van der Waals surface area contributed by atoms with E-state index in [0.717, 1.165) is 49.1 Å². The number of H-pyrrole nitrogens is 1. The van der Waals surface area contributed by atoms with Crippen LogP contribution in [0.15, 0.2) is 24.3 Å². The van der Waals surface area contributed by atoms with E-state index in [1.165, 1.54) is 5.56 Å². The first-order valence-electron chi connectivity index (χ1n) is 6.48. The van der Waals surface area contributed by atoms with Crippen LogP contribution in [0.5, 0.6) is 0 Å². The zero-order valence-electron chi connectivity index (χ0n) is 11.0. The normalized spacial score (nSPS) is 15.7. The van der Waals surface area contributed by atoms with E-state index in [9.17, 15) is 0 Å². The highest BCUT2D eigenvalue weighted by atomic mass is 16.5. The van der Waals surface area contributed by atoms with E-state index in [4.69, 9.17) is 10.5 Å². The highest BCUT2D eigenvalue weighted by Crippen LogP contribution is 2.26. The Bertz CT molecular complexity index is 573. The second-order valence-electron chi connectivity index (χ2n) is 4.81. The first-order chi connectivity index (χ1) is 9.24. The molecule has 5 heteroatoms. The van der Waals surface area contributed by atoms with Gasteiger partial charge in [-0.15, -0.1) is 0 Å². The number of morpholine rings is 1. The molecule has 1 aliphatic rings. The van der Waals surface area contributed by atoms with Crippen LogP contribution in [-0.2, 0) is 4.74 Å². The number of aromatic nitrogens is 2. The maximum Gasteiger partial charge on any atom is 0.151 e. The monoisotopic (exact) mass is 258 g/mol. The third kappa shape index (κ3) is 2.42. The van der Waals surface area contributed by atoms with Gasteiger partial charge in [-0.25, -0.2) is 0 Å². The lowest BCUT2D eigenvalue weighted by molar-refractivity contribution is 0.122. The van der Waals surface area contributed by atoms with Crippen LogP contribution in [0.1, 0.15) is 5.56 Å². The van der Waals surface area contributed by atoms with E-state index < -0.39 is 0 Å². The number of hydrogen-bond acceptors (Lipinski definition) is 4. The minimum atomic E-state index is 0.763. The molecular weight excluding hydrogens is 240 g/mol. The third-order valence-electron chi connectivity index (χ3n) is 3.45. The van der Waals surface area contributed by atoms with Crippen LogP contribution in [0, 0.1) is 6.92 Å². The average molecular weight is 258 g/mol. The Labute approximate surface area is 112 Å². The highest BCUT2D eigenvalue weighted by Gasteiger charge is 2.15. The number of nitrogens with zero attached hydrogens (tertiary/aromatic N) is 2. The Morgan fingerprint density at radius 3 is 2.84 bits per heavy atom. The zero-order chi connectivity index (χ0) is 13.2. The van der Waals surface area contributed by atoms with Crippen LogP contribution in [0.2, 0.25) is 0 Å². The van der Waals surface area contributed by atoms with Gasteiger partial charge in [0.15, 0.2) is 5.82 Å². The maximum absolute atomic E-state index is 5.85. The molecule has 0 radical (unpaired) electrons. The Kier molecular flexibility index (Phi) is 3.13. The predicted molar refractivity (Wildman–Crippen MR) is 76.2 cm³/mol. The van der Waals surface area contributed by atoms with Crippen LogP contribution in [0.25, 0.3) is 11.3 Å². The van der Waals surface area contributed by atoms with Crippen molar-refractivity contribution in [2.75, 3.05) is 36.9 Å². The van der Waals surface area contributed by atoms with Gasteiger partial charge in [-0.2, -0.15) is 5.10 Å². The van der Waals surface area contributed by atoms with Gasteiger partial charge < -0.3 is 15.4 Å². The van der Waals surface area contributed by atoms with Crippen molar-refractivity contribution in [3.63, 3.8) is 0 Å². The largest absolute Gasteiger partial charge is 0.399 e. The lowest BCUT2D eigenvalue weighted by Crippen LogP contribution is -2.36. The summed E-state index contributed by atoms with van der Waals surface area (Å²) in [5, 5.41) is 7.49. The van der Waals surface area contributed by atoms with Crippen molar-refractivity contribution < 1.29 is 4.74 Å². The SMILES string of the molecule is Cc1ccc(N)cc1-c1cc(N2CCOCC2)n[nH]1. The van der Waals surface area contributed by atoms with Gasteiger partial charge in [-0.05, 0) is 24.6 Å². The summed E-state index contributed by atoms with van der Waals surface area (Å²) < 4.78 is 5.35. The zero-order valence-corrected chi connectivity index (χ0v) is 11.0. The van der Waals surface area contributed by atoms with Crippen LogP contribution >= 0.6 is 0 Å². The summed E-state index contributed by atoms with van der Waals surface area (Å²) >= 11 is 0. The molecule has 3 rings (SSSR count). The number of anilines is 2. The first-order valence-corrected chi connectivity index (χ1v) is 6.48. The van der Waals surface area contributed by atoms with E-state index in [0.29, 0.717) is 0 Å². The van der Waals surface area contributed by atoms with Gasteiger partial charge in [0.05, 0.1) is 18.9 Å². The van der Waals surface area contributed by atoms with Crippen molar-refractivity contribution in [2.45, 2.75) is 6.92 Å². The summed E-state index contributed by atoms with van der Waals surface area (Å²) in [6.07, 6.45) is 0. The molecule has 2 heterocycles. The van der Waals surface area contributed by atoms with Crippen molar-refractivity contribution in [3.05, 3.63) is 29.8 Å². The van der Waals surface area contributed by atoms with Crippen LogP contribution in [0.4, 0.5) is 11.5 Å². The van der Waals surface area contributed by atoms with Gasteiger partial charge in [-0.3, -0.25) is 5.10 Å². The number of nitrogen functional groups attached to an aromatic ring is 1. The fraction of sp³-hybridized carbons (Fsp3) is 0.357. The average Bonchev–Trinajstić information content (AvgIpc) is 2.92. The van der Waals surface area contributed by atoms with Crippen molar-refractivity contribution in [3.8, 4) is 11.3 Å². The molecule has 1 aromatic heterocycles. The Morgan fingerprint density at radius 2 is 2.05 bits per heavy atom. The van der Waals surface area contributed by atoms with Crippen molar-refractivity contribution in [1.82, 2.24) is 10.2 Å². The van der Waals surface area contributed by atoms with Crippen LogP contribution in [-0.4, -0.2) is 36.5 Å². The van der Waals surface area contributed by atoms with E-state index in [2.05, 4.69) is 28.1 Å². The van der Waals surface area contributed by atoms with Gasteiger partial charge in [0.25, 0.3) is 0 Å². The third-order valence-corrected chi connectivity index (χ3v) is 3.45. The summed E-state index contributed by atoms with van der Waals surface area (Å²) in [6.45, 7) is 5.38. The summed E-state index contributed by atoms with van der Waals surface area (Å²) in [5.41, 5.74) is 9.92. The van der Waals surface area contributed by atoms with E-state index >= 15 is 0 Å². The maximum atomic E-state index is 5.85. The molecule has 5 nitrogen and oxygen atoms in total. The minimum Gasteiger partial charge on any atom is -0.399 e. The summed E-state index contributed by atoms with van der Waals surface area (Å²) in [5.74, 6) is 0.972. The van der Waals surface area contributed by atoms with Crippen molar-refractivity contribution in [2.24, 2.45) is 0 Å². The molecule has 1 fully saturated rings. The quantitative estimate of drug-likeness (QED) is 0.806. The predicted octanol–water partition coefficient (Wildman–Crippen LogP) is 1.80. The van der Waals surface area contributed by atoms with Crippen molar-refractivity contribution in [1.29, 1.82) is 0 Å². The molecule has 100 valence electrons. The lowest BCUT2D eigenvalue weighted by atomic mass is 10.1. The number of nitrogens with one attached hydrogen (secondary N) is 1. The van der Waals surface area contributed by atoms with Gasteiger partial charge in [0.1, 0.15) is 0 Å². The number of ether oxygens (including phenoxy) is 1. The second-order valence-corrected chi connectivity index (χ2v) is 4.81. The molecule has 1 aliphatic heterocycles. The Hall–Kier alpha value is -2.01. The molecule has 0 amide bonds. The Balaban J connectivity index is 1.89. The van der Waals surface area contributed by atoms with Crippen LogP contribution < -0.4 is 10.6 Å². The molecule has 1 saturated heterocycles. The number of aromatic amines is 1. The van der Waals surface area contributed by atoms with E-state index in [1.807, 2.05) is 18.2 Å². The number of hydrogen-bond donors (Lipinski definition) is 2. The second kappa shape index (κ2) is 4.93. The van der Waals surface area contributed by atoms with Gasteiger partial charge in [-0.1, -0.05) is 6.07 Å². The Morgan fingerprint density at radius 1 is 1.26 bits per heavy atom. The standard InChI is InChI=1S/C14H18N4O/c1-10-2-3-11(15)8-12(10)13-9-14(17-16-13)18-4-6-19-7-5-18/h2-3,8-9H,4-7,15H2,1H3,(H,16,17). The molecule has 0 unspecified atom stereocenters. The molecule has 0 saturated carbocycles. The fourth-order valence-corrected chi connectivity index (χ4v) is 2.33. The highest BCUT2D eigenvalue weighted by molar-refractivity contribution is 5.70. The molecule has 0 atom stereocenters. The first kappa shape index (κ1) is 12.0. The minimum absolute atomic E-state index is 0.763. The van der Waals surface area contributed by atoms with Gasteiger partial charge in [0.2, 0.25) is 0 Å². The molecule has 0 spiro atoms. The summed E-state index contributed by atoms with van der Waals surface area (Å²) in [6, 6.07) is 8.00. The van der Waals surface area contributed by atoms with Gasteiger partial charge in [0, 0.05) is 30.4 Å². The van der Waals surface area contributed by atoms with Crippen LogP contribution in [0.3, 0.4) is 0 Å². The molecular formula is C14H18N4O.